The maximum atomic E-state index is 11.9. The van der Waals surface area contributed by atoms with Crippen molar-refractivity contribution in [1.82, 2.24) is 14.7 Å². The zero-order chi connectivity index (χ0) is 13.1. The average molecular weight is 315 g/mol. The van der Waals surface area contributed by atoms with E-state index in [1.165, 1.54) is 11.1 Å². The summed E-state index contributed by atoms with van der Waals surface area (Å²) in [6.45, 7) is 5.65. The third kappa shape index (κ3) is 2.92. The Morgan fingerprint density at radius 2 is 2.39 bits per heavy atom. The molecule has 0 bridgehead atoms. The molecule has 0 aromatic carbocycles. The van der Waals surface area contributed by atoms with Crippen LogP contribution in [0.3, 0.4) is 0 Å². The Morgan fingerprint density at radius 3 is 3.00 bits per heavy atom. The van der Waals surface area contributed by atoms with E-state index in [-0.39, 0.29) is 5.56 Å². The van der Waals surface area contributed by atoms with E-state index in [0.29, 0.717) is 16.9 Å². The average Bonchev–Trinajstić information content (AvgIpc) is 2.77. The number of hydrogen-bond acceptors (Lipinski definition) is 4. The third-order valence-corrected chi connectivity index (χ3v) is 4.12. The van der Waals surface area contributed by atoms with Gasteiger partial charge < -0.3 is 10.2 Å². The second kappa shape index (κ2) is 5.84. The first kappa shape index (κ1) is 13.5. The minimum atomic E-state index is -0.0777. The van der Waals surface area contributed by atoms with Gasteiger partial charge in [-0.25, -0.2) is 4.68 Å². The van der Waals surface area contributed by atoms with E-state index in [0.717, 1.165) is 25.3 Å². The number of nitrogens with one attached hydrogen (secondary N) is 1. The van der Waals surface area contributed by atoms with Crippen molar-refractivity contribution in [3.63, 3.8) is 0 Å². The lowest BCUT2D eigenvalue weighted by Gasteiger charge is -2.13. The summed E-state index contributed by atoms with van der Waals surface area (Å²) < 4.78 is 2.02. The van der Waals surface area contributed by atoms with Gasteiger partial charge in [0, 0.05) is 19.6 Å². The first-order valence-corrected chi connectivity index (χ1v) is 7.09. The van der Waals surface area contributed by atoms with Crippen molar-refractivity contribution < 1.29 is 0 Å². The topological polar surface area (TPSA) is 50.2 Å². The molecule has 1 saturated heterocycles. The van der Waals surface area contributed by atoms with Crippen LogP contribution in [0.4, 0.5) is 5.69 Å². The van der Waals surface area contributed by atoms with E-state index >= 15 is 0 Å². The lowest BCUT2D eigenvalue weighted by atomic mass is 10.1. The Bertz CT molecular complexity index is 474. The number of likely N-dealkylation sites (tertiary alicyclic amines) is 1. The molecule has 1 aliphatic rings. The summed E-state index contributed by atoms with van der Waals surface area (Å²) in [4.78, 5) is 14.2. The van der Waals surface area contributed by atoms with E-state index in [1.54, 1.807) is 6.20 Å². The van der Waals surface area contributed by atoms with E-state index in [2.05, 4.69) is 38.3 Å². The molecule has 5 nitrogen and oxygen atoms in total. The lowest BCUT2D eigenvalue weighted by Crippen LogP contribution is -2.25. The van der Waals surface area contributed by atoms with Crippen LogP contribution >= 0.6 is 15.9 Å². The standard InChI is InChI=1S/C12H19BrN4O/c1-3-17-12(18)11(13)10(7-15-17)14-6-9-4-5-16(2)8-9/h7,9,14H,3-6,8H2,1-2H3. The molecular weight excluding hydrogens is 296 g/mol. The Labute approximate surface area is 115 Å². The molecular formula is C12H19BrN4O. The van der Waals surface area contributed by atoms with Crippen molar-refractivity contribution in [2.45, 2.75) is 19.9 Å². The molecule has 2 heterocycles. The largest absolute Gasteiger partial charge is 0.382 e. The highest BCUT2D eigenvalue weighted by atomic mass is 79.9. The lowest BCUT2D eigenvalue weighted by molar-refractivity contribution is 0.399. The molecule has 1 unspecified atom stereocenters. The molecule has 1 fully saturated rings. The Kier molecular flexibility index (Phi) is 4.40. The van der Waals surface area contributed by atoms with E-state index < -0.39 is 0 Å². The van der Waals surface area contributed by atoms with Crippen LogP contribution in [-0.2, 0) is 6.54 Å². The first-order chi connectivity index (χ1) is 8.61. The molecule has 1 atom stereocenters. The molecule has 1 aromatic heterocycles. The second-order valence-corrected chi connectivity index (χ2v) is 5.58. The predicted molar refractivity (Wildman–Crippen MR) is 76.0 cm³/mol. The monoisotopic (exact) mass is 314 g/mol. The Morgan fingerprint density at radius 1 is 1.61 bits per heavy atom. The van der Waals surface area contributed by atoms with Gasteiger partial charge in [0.1, 0.15) is 4.47 Å². The maximum Gasteiger partial charge on any atom is 0.283 e. The van der Waals surface area contributed by atoms with Gasteiger partial charge in [0.15, 0.2) is 0 Å². The molecule has 2 rings (SSSR count). The summed E-state index contributed by atoms with van der Waals surface area (Å²) in [5.41, 5.74) is 0.713. The smallest absolute Gasteiger partial charge is 0.283 e. The quantitative estimate of drug-likeness (QED) is 0.912. The van der Waals surface area contributed by atoms with Crippen molar-refractivity contribution in [2.75, 3.05) is 32.0 Å². The van der Waals surface area contributed by atoms with Crippen LogP contribution in [0.25, 0.3) is 0 Å². The molecule has 100 valence electrons. The van der Waals surface area contributed by atoms with Crippen LogP contribution in [0.1, 0.15) is 13.3 Å². The van der Waals surface area contributed by atoms with Gasteiger partial charge in [-0.05, 0) is 48.8 Å². The molecule has 18 heavy (non-hydrogen) atoms. The summed E-state index contributed by atoms with van der Waals surface area (Å²) in [6.07, 6.45) is 2.92. The molecule has 0 spiro atoms. The van der Waals surface area contributed by atoms with Gasteiger partial charge in [0.2, 0.25) is 0 Å². The summed E-state index contributed by atoms with van der Waals surface area (Å²) in [5.74, 6) is 0.649. The van der Waals surface area contributed by atoms with Crippen LogP contribution in [0.15, 0.2) is 15.5 Å². The molecule has 1 N–H and O–H groups in total. The fraction of sp³-hybridized carbons (Fsp3) is 0.667. The first-order valence-electron chi connectivity index (χ1n) is 6.29. The van der Waals surface area contributed by atoms with Gasteiger partial charge in [-0.15, -0.1) is 0 Å². The molecule has 1 aromatic rings. The fourth-order valence-corrected chi connectivity index (χ4v) is 2.71. The number of rotatable bonds is 4. The molecule has 0 aliphatic carbocycles. The van der Waals surface area contributed by atoms with Crippen LogP contribution in [-0.4, -0.2) is 41.4 Å². The normalized spacial score (nSPS) is 20.3. The fourth-order valence-electron chi connectivity index (χ4n) is 2.26. The van der Waals surface area contributed by atoms with Gasteiger partial charge in [-0.1, -0.05) is 0 Å². The van der Waals surface area contributed by atoms with Gasteiger partial charge in [-0.3, -0.25) is 4.79 Å². The summed E-state index contributed by atoms with van der Waals surface area (Å²) >= 11 is 3.35. The van der Waals surface area contributed by atoms with E-state index in [9.17, 15) is 4.79 Å². The number of halogens is 1. The highest BCUT2D eigenvalue weighted by Crippen LogP contribution is 2.19. The highest BCUT2D eigenvalue weighted by Gasteiger charge is 2.19. The zero-order valence-corrected chi connectivity index (χ0v) is 12.4. The second-order valence-electron chi connectivity index (χ2n) is 4.79. The van der Waals surface area contributed by atoms with Crippen molar-refractivity contribution in [3.8, 4) is 0 Å². The van der Waals surface area contributed by atoms with Crippen molar-refractivity contribution in [1.29, 1.82) is 0 Å². The van der Waals surface area contributed by atoms with Gasteiger partial charge in [0.25, 0.3) is 5.56 Å². The highest BCUT2D eigenvalue weighted by molar-refractivity contribution is 9.10. The Hall–Kier alpha value is -0.880. The number of aromatic nitrogens is 2. The molecule has 0 saturated carbocycles. The van der Waals surface area contributed by atoms with E-state index in [1.807, 2.05) is 6.92 Å². The molecule has 0 amide bonds. The minimum absolute atomic E-state index is 0.0777. The number of anilines is 1. The van der Waals surface area contributed by atoms with Gasteiger partial charge >= 0.3 is 0 Å². The number of aryl methyl sites for hydroxylation is 1. The van der Waals surface area contributed by atoms with Crippen LogP contribution in [0.5, 0.6) is 0 Å². The molecule has 1 aliphatic heterocycles. The minimum Gasteiger partial charge on any atom is -0.382 e. The van der Waals surface area contributed by atoms with Crippen molar-refractivity contribution in [2.24, 2.45) is 5.92 Å². The Balaban J connectivity index is 2.02. The van der Waals surface area contributed by atoms with Crippen molar-refractivity contribution >= 4 is 21.6 Å². The van der Waals surface area contributed by atoms with Crippen LogP contribution < -0.4 is 10.9 Å². The predicted octanol–water partition coefficient (Wildman–Crippen LogP) is 1.39. The number of nitrogens with zero attached hydrogens (tertiary/aromatic N) is 3. The zero-order valence-electron chi connectivity index (χ0n) is 10.8. The SMILES string of the molecule is CCn1ncc(NCC2CCN(C)C2)c(Br)c1=O. The summed E-state index contributed by atoms with van der Waals surface area (Å²) in [6, 6.07) is 0. The van der Waals surface area contributed by atoms with Crippen molar-refractivity contribution in [3.05, 3.63) is 21.0 Å². The maximum absolute atomic E-state index is 11.9. The summed E-state index contributed by atoms with van der Waals surface area (Å²) in [7, 11) is 2.14. The van der Waals surface area contributed by atoms with Gasteiger partial charge in [0.05, 0.1) is 11.9 Å². The molecule has 6 heteroatoms. The van der Waals surface area contributed by atoms with E-state index in [4.69, 9.17) is 0 Å². The third-order valence-electron chi connectivity index (χ3n) is 3.35. The van der Waals surface area contributed by atoms with Crippen LogP contribution in [0, 0.1) is 5.92 Å². The van der Waals surface area contributed by atoms with Crippen LogP contribution in [0.2, 0.25) is 0 Å². The summed E-state index contributed by atoms with van der Waals surface area (Å²) in [5, 5.41) is 7.44. The number of hydrogen-bond donors (Lipinski definition) is 1. The van der Waals surface area contributed by atoms with Gasteiger partial charge in [-0.2, -0.15) is 5.10 Å². The molecule has 0 radical (unpaired) electrons.